The van der Waals surface area contributed by atoms with Crippen molar-refractivity contribution < 1.29 is 9.53 Å². The number of piperidine rings is 1. The molecule has 1 spiro atoms. The fourth-order valence-electron chi connectivity index (χ4n) is 9.00. The van der Waals surface area contributed by atoms with Crippen LogP contribution in [0.2, 0.25) is 0 Å². The first-order valence-electron chi connectivity index (χ1n) is 12.7. The van der Waals surface area contributed by atoms with E-state index in [1.165, 1.54) is 37.7 Å². The minimum Gasteiger partial charge on any atom is -0.365 e. The zero-order valence-electron chi connectivity index (χ0n) is 19.3. The van der Waals surface area contributed by atoms with Crippen molar-refractivity contribution in [2.75, 3.05) is 6.54 Å². The fraction of sp³-hybridized carbons (Fsp3) is 0.815. The molecule has 2 heterocycles. The molecule has 9 atom stereocenters. The molecule has 0 bridgehead atoms. The number of ether oxygens (including phenoxy) is 1. The van der Waals surface area contributed by atoms with Crippen LogP contribution in [0.1, 0.15) is 79.1 Å². The minimum atomic E-state index is -0.0339. The van der Waals surface area contributed by atoms with E-state index in [-0.39, 0.29) is 11.0 Å². The molecule has 0 amide bonds. The van der Waals surface area contributed by atoms with Crippen LogP contribution in [0, 0.1) is 35.0 Å². The average Bonchev–Trinajstić information content (AvgIpc) is 3.23. The number of fused-ring (bicyclic) bond motifs is 6. The van der Waals surface area contributed by atoms with E-state index in [1.807, 2.05) is 6.08 Å². The third kappa shape index (κ3) is 2.48. The maximum atomic E-state index is 12.1. The van der Waals surface area contributed by atoms with Crippen LogP contribution in [0.15, 0.2) is 22.8 Å². The summed E-state index contributed by atoms with van der Waals surface area (Å²) in [5, 5.41) is 3.84. The summed E-state index contributed by atoms with van der Waals surface area (Å²) < 4.78 is 7.02. The van der Waals surface area contributed by atoms with E-state index >= 15 is 0 Å². The first-order valence-corrected chi connectivity index (χ1v) is 12.7. The minimum absolute atomic E-state index is 0.0339. The lowest BCUT2D eigenvalue weighted by Crippen LogP contribution is -2.49. The molecule has 0 radical (unpaired) electrons. The van der Waals surface area contributed by atoms with E-state index < -0.39 is 0 Å². The van der Waals surface area contributed by atoms with Gasteiger partial charge < -0.3 is 10.1 Å². The van der Waals surface area contributed by atoms with Crippen LogP contribution in [0.4, 0.5) is 0 Å². The summed E-state index contributed by atoms with van der Waals surface area (Å²) in [7, 11) is 0. The summed E-state index contributed by atoms with van der Waals surface area (Å²) in [4.78, 5) is 12.1. The van der Waals surface area contributed by atoms with Crippen LogP contribution in [0.3, 0.4) is 0 Å². The van der Waals surface area contributed by atoms with Gasteiger partial charge in [0.1, 0.15) is 0 Å². The number of hydrogen-bond acceptors (Lipinski definition) is 3. The van der Waals surface area contributed by atoms with E-state index in [0.717, 1.165) is 43.6 Å². The van der Waals surface area contributed by atoms with Gasteiger partial charge in [-0.25, -0.2) is 0 Å². The SMILES string of the molecule is CC1=C2CC3C(CCC4=CC(=O)CCC43C)C2CCC12OC1CC(C)CNC1C2C. The molecule has 2 saturated heterocycles. The molecule has 1 N–H and O–H groups in total. The summed E-state index contributed by atoms with van der Waals surface area (Å²) in [6.07, 6.45) is 11.7. The zero-order chi connectivity index (χ0) is 20.8. The summed E-state index contributed by atoms with van der Waals surface area (Å²) >= 11 is 0. The van der Waals surface area contributed by atoms with Crippen molar-refractivity contribution in [3.05, 3.63) is 22.8 Å². The molecule has 3 nitrogen and oxygen atoms in total. The van der Waals surface area contributed by atoms with E-state index in [9.17, 15) is 4.79 Å². The molecule has 2 saturated carbocycles. The molecule has 4 fully saturated rings. The average molecular weight is 410 g/mol. The van der Waals surface area contributed by atoms with Crippen LogP contribution in [-0.4, -0.2) is 30.1 Å². The molecule has 4 aliphatic carbocycles. The van der Waals surface area contributed by atoms with Crippen molar-refractivity contribution in [2.45, 2.75) is 96.8 Å². The Hall–Kier alpha value is -0.930. The molecule has 9 unspecified atom stereocenters. The molecular formula is C27H39NO2. The molecule has 6 aliphatic rings. The molecule has 164 valence electrons. The molecule has 30 heavy (non-hydrogen) atoms. The lowest BCUT2D eigenvalue weighted by Gasteiger charge is -2.48. The monoisotopic (exact) mass is 409 g/mol. The van der Waals surface area contributed by atoms with E-state index in [2.05, 4.69) is 33.0 Å². The predicted molar refractivity (Wildman–Crippen MR) is 119 cm³/mol. The third-order valence-corrected chi connectivity index (χ3v) is 10.8. The van der Waals surface area contributed by atoms with Crippen LogP contribution >= 0.6 is 0 Å². The maximum Gasteiger partial charge on any atom is 0.155 e. The Labute approximate surface area is 182 Å². The van der Waals surface area contributed by atoms with Crippen LogP contribution in [-0.2, 0) is 9.53 Å². The Morgan fingerprint density at radius 3 is 2.83 bits per heavy atom. The van der Waals surface area contributed by atoms with Gasteiger partial charge >= 0.3 is 0 Å². The standard InChI is InChI=1S/C27H39NO2/c1-15-11-24-25(28-14-15)17(3)27(30-24)10-8-20-21-6-5-18-12-19(29)7-9-26(18,4)23(21)13-22(20)16(27)2/h12,15,17,20-21,23-25,28H,5-11,13-14H2,1-4H3. The number of rotatable bonds is 0. The highest BCUT2D eigenvalue weighted by Gasteiger charge is 2.60. The zero-order valence-corrected chi connectivity index (χ0v) is 19.3. The summed E-state index contributed by atoms with van der Waals surface area (Å²) in [6, 6.07) is 0.522. The van der Waals surface area contributed by atoms with Crippen molar-refractivity contribution in [2.24, 2.45) is 35.0 Å². The lowest BCUT2D eigenvalue weighted by molar-refractivity contribution is -0.116. The highest BCUT2D eigenvalue weighted by molar-refractivity contribution is 5.91. The summed E-state index contributed by atoms with van der Waals surface area (Å²) in [5.74, 6) is 3.95. The Kier molecular flexibility index (Phi) is 4.30. The van der Waals surface area contributed by atoms with Gasteiger partial charge in [-0.2, -0.15) is 0 Å². The van der Waals surface area contributed by atoms with Gasteiger partial charge in [-0.05, 0) is 99.1 Å². The van der Waals surface area contributed by atoms with E-state index in [1.54, 1.807) is 11.1 Å². The first-order chi connectivity index (χ1) is 14.3. The summed E-state index contributed by atoms with van der Waals surface area (Å²) in [5.41, 5.74) is 5.05. The Morgan fingerprint density at radius 1 is 1.17 bits per heavy atom. The van der Waals surface area contributed by atoms with Gasteiger partial charge in [-0.1, -0.05) is 31.9 Å². The third-order valence-electron chi connectivity index (χ3n) is 10.8. The first kappa shape index (κ1) is 19.7. The van der Waals surface area contributed by atoms with E-state index in [0.29, 0.717) is 29.8 Å². The van der Waals surface area contributed by atoms with Gasteiger partial charge in [0.2, 0.25) is 0 Å². The molecule has 6 rings (SSSR count). The highest BCUT2D eigenvalue weighted by Crippen LogP contribution is 2.65. The number of nitrogens with one attached hydrogen (secondary N) is 1. The molecular weight excluding hydrogens is 370 g/mol. The molecule has 0 aromatic rings. The predicted octanol–water partition coefficient (Wildman–Crippen LogP) is 5.21. The van der Waals surface area contributed by atoms with Gasteiger partial charge in [0.05, 0.1) is 11.7 Å². The number of carbonyl (C=O) groups is 1. The van der Waals surface area contributed by atoms with Crippen LogP contribution < -0.4 is 5.32 Å². The number of allylic oxidation sites excluding steroid dienone is 3. The number of carbonyl (C=O) groups excluding carboxylic acids is 1. The van der Waals surface area contributed by atoms with Gasteiger partial charge in [0.15, 0.2) is 5.78 Å². The Morgan fingerprint density at radius 2 is 2.00 bits per heavy atom. The fourth-order valence-corrected chi connectivity index (χ4v) is 9.00. The smallest absolute Gasteiger partial charge is 0.155 e. The molecule has 2 aliphatic heterocycles. The number of ketones is 1. The van der Waals surface area contributed by atoms with E-state index in [4.69, 9.17) is 4.74 Å². The van der Waals surface area contributed by atoms with Gasteiger partial charge in [-0.15, -0.1) is 0 Å². The molecule has 0 aromatic heterocycles. The van der Waals surface area contributed by atoms with Crippen molar-refractivity contribution in [3.63, 3.8) is 0 Å². The van der Waals surface area contributed by atoms with Crippen molar-refractivity contribution >= 4 is 5.78 Å². The largest absolute Gasteiger partial charge is 0.365 e. The highest BCUT2D eigenvalue weighted by atomic mass is 16.5. The molecule has 3 heteroatoms. The van der Waals surface area contributed by atoms with Gasteiger partial charge in [-0.3, -0.25) is 4.79 Å². The topological polar surface area (TPSA) is 38.3 Å². The molecule has 0 aromatic carbocycles. The second-order valence-electron chi connectivity index (χ2n) is 12.0. The van der Waals surface area contributed by atoms with Gasteiger partial charge in [0, 0.05) is 18.4 Å². The van der Waals surface area contributed by atoms with Crippen molar-refractivity contribution in [1.29, 1.82) is 0 Å². The normalized spacial score (nSPS) is 52.6. The Balaban J connectivity index is 1.36. The van der Waals surface area contributed by atoms with Crippen LogP contribution in [0.25, 0.3) is 0 Å². The van der Waals surface area contributed by atoms with Gasteiger partial charge in [0.25, 0.3) is 0 Å². The quantitative estimate of drug-likeness (QED) is 0.558. The summed E-state index contributed by atoms with van der Waals surface area (Å²) in [6.45, 7) is 10.9. The second-order valence-corrected chi connectivity index (χ2v) is 12.0. The van der Waals surface area contributed by atoms with Crippen molar-refractivity contribution in [1.82, 2.24) is 5.32 Å². The second kappa shape index (κ2) is 6.54. The Bertz CT molecular complexity index is 842. The van der Waals surface area contributed by atoms with Crippen molar-refractivity contribution in [3.8, 4) is 0 Å². The number of hydrogen-bond donors (Lipinski definition) is 1. The lowest BCUT2D eigenvalue weighted by atomic mass is 9.56. The van der Waals surface area contributed by atoms with Crippen LogP contribution in [0.5, 0.6) is 0 Å². The maximum absolute atomic E-state index is 12.1.